The van der Waals surface area contributed by atoms with Crippen LogP contribution in [0.5, 0.6) is 0 Å². The number of fused-ring (bicyclic) bond motifs is 3. The Morgan fingerprint density at radius 1 is 1.19 bits per heavy atom. The number of nitrogens with two attached hydrogens (primary N) is 1. The summed E-state index contributed by atoms with van der Waals surface area (Å²) in [5.74, 6) is 0.354. The minimum absolute atomic E-state index is 0.365. The zero-order valence-corrected chi connectivity index (χ0v) is 11.5. The molecule has 2 aromatic carbocycles. The molecular weight excluding hydrogens is 262 g/mol. The Balaban J connectivity index is 2.04. The van der Waals surface area contributed by atoms with E-state index < -0.39 is 0 Å². The van der Waals surface area contributed by atoms with Crippen LogP contribution >= 0.6 is 0 Å². The highest BCUT2D eigenvalue weighted by molar-refractivity contribution is 5.93. The molecule has 0 fully saturated rings. The number of hydrogen-bond donors (Lipinski definition) is 1. The van der Waals surface area contributed by atoms with E-state index in [0.29, 0.717) is 12.0 Å². The maximum Gasteiger partial charge on any atom is 0.248 e. The predicted octanol–water partition coefficient (Wildman–Crippen LogP) is 1.00. The van der Waals surface area contributed by atoms with Crippen LogP contribution in [0.3, 0.4) is 0 Å². The zero-order valence-electron chi connectivity index (χ0n) is 11.5. The van der Waals surface area contributed by atoms with E-state index in [4.69, 9.17) is 10.7 Å². The monoisotopic (exact) mass is 277 g/mol. The van der Waals surface area contributed by atoms with Gasteiger partial charge in [0.25, 0.3) is 0 Å². The van der Waals surface area contributed by atoms with Gasteiger partial charge in [0, 0.05) is 18.0 Å². The molecule has 104 valence electrons. The molecule has 1 amide bonds. The van der Waals surface area contributed by atoms with Crippen molar-refractivity contribution in [2.45, 2.75) is 12.8 Å². The van der Waals surface area contributed by atoms with Gasteiger partial charge in [-0.3, -0.25) is 4.79 Å². The van der Waals surface area contributed by atoms with Gasteiger partial charge < -0.3 is 10.6 Å². The summed E-state index contributed by atoms with van der Waals surface area (Å²) in [6.07, 6.45) is 3.71. The van der Waals surface area contributed by atoms with Gasteiger partial charge in [-0.25, -0.2) is 4.99 Å². The van der Waals surface area contributed by atoms with Crippen LogP contribution < -0.4 is 16.3 Å². The number of hydrogen-bond acceptors (Lipinski definition) is 3. The van der Waals surface area contributed by atoms with Gasteiger partial charge in [-0.1, -0.05) is 24.3 Å². The van der Waals surface area contributed by atoms with Crippen LogP contribution in [0.15, 0.2) is 52.8 Å². The summed E-state index contributed by atoms with van der Waals surface area (Å²) in [5.41, 5.74) is 6.12. The molecule has 21 heavy (non-hydrogen) atoms. The van der Waals surface area contributed by atoms with Gasteiger partial charge in [0.1, 0.15) is 5.82 Å². The molecule has 2 N–H and O–H groups in total. The molecule has 2 aliphatic rings. The molecule has 2 aliphatic heterocycles. The van der Waals surface area contributed by atoms with E-state index in [1.165, 1.54) is 5.39 Å². The second kappa shape index (κ2) is 4.45. The van der Waals surface area contributed by atoms with E-state index in [1.807, 2.05) is 17.0 Å². The summed E-state index contributed by atoms with van der Waals surface area (Å²) in [7, 11) is 0. The van der Waals surface area contributed by atoms with E-state index in [1.54, 1.807) is 0 Å². The van der Waals surface area contributed by atoms with Gasteiger partial charge in [-0.15, -0.1) is 0 Å². The number of rotatable bonds is 1. The fourth-order valence-electron chi connectivity index (χ4n) is 3.04. The van der Waals surface area contributed by atoms with Crippen LogP contribution in [0.1, 0.15) is 12.8 Å². The highest BCUT2D eigenvalue weighted by atomic mass is 16.1. The van der Waals surface area contributed by atoms with Crippen LogP contribution in [0.4, 0.5) is 0 Å². The summed E-state index contributed by atoms with van der Waals surface area (Å²) in [6, 6.07) is 12.4. The molecule has 2 heterocycles. The molecule has 0 aromatic heterocycles. The minimum atomic E-state index is -0.365. The van der Waals surface area contributed by atoms with E-state index in [0.717, 1.165) is 34.7 Å². The quantitative estimate of drug-likeness (QED) is 0.845. The highest BCUT2D eigenvalue weighted by Crippen LogP contribution is 2.24. The molecule has 0 aliphatic carbocycles. The van der Waals surface area contributed by atoms with E-state index >= 15 is 0 Å². The smallest absolute Gasteiger partial charge is 0.248 e. The van der Waals surface area contributed by atoms with Gasteiger partial charge in [0.05, 0.1) is 10.9 Å². The average Bonchev–Trinajstić information content (AvgIpc) is 2.50. The molecule has 0 unspecified atom stereocenters. The molecule has 0 saturated heterocycles. The van der Waals surface area contributed by atoms with Crippen molar-refractivity contribution in [2.75, 3.05) is 6.54 Å². The second-order valence-electron chi connectivity index (χ2n) is 5.46. The van der Waals surface area contributed by atoms with Crippen LogP contribution in [0.25, 0.3) is 17.0 Å². The molecule has 0 bridgehead atoms. The molecular formula is C17H15N3O. The molecule has 2 aromatic rings. The number of carbonyl (C=O) groups is 1. The second-order valence-corrected chi connectivity index (χ2v) is 5.46. The number of carbonyl (C=O) groups excluding carboxylic acids is 1. The first-order valence-corrected chi connectivity index (χ1v) is 7.11. The van der Waals surface area contributed by atoms with Gasteiger partial charge in [-0.05, 0) is 35.7 Å². The van der Waals surface area contributed by atoms with Gasteiger partial charge in [0.15, 0.2) is 0 Å². The third-order valence-electron chi connectivity index (χ3n) is 4.08. The average molecular weight is 277 g/mol. The van der Waals surface area contributed by atoms with Gasteiger partial charge in [-0.2, -0.15) is 0 Å². The summed E-state index contributed by atoms with van der Waals surface area (Å²) in [4.78, 5) is 18.3. The standard InChI is InChI=1S/C17H15N3O/c18-16(21)14-6-3-7-20-10-13-8-11-4-1-2-5-12(11)9-15(13)19-17(14)20/h1-2,4-5,8-10H,3,6-7H2,(H2,18,21). The SMILES string of the molecule is NC(=O)C1=C2N=c3cc4ccccc4cc3=CN2CCC1. The first kappa shape index (κ1) is 12.1. The lowest BCUT2D eigenvalue weighted by Crippen LogP contribution is -2.38. The first-order valence-electron chi connectivity index (χ1n) is 7.11. The zero-order chi connectivity index (χ0) is 14.4. The van der Waals surface area contributed by atoms with Crippen molar-refractivity contribution in [1.29, 1.82) is 0 Å². The van der Waals surface area contributed by atoms with Crippen molar-refractivity contribution in [3.63, 3.8) is 0 Å². The molecule has 0 spiro atoms. The van der Waals surface area contributed by atoms with E-state index in [-0.39, 0.29) is 5.91 Å². The summed E-state index contributed by atoms with van der Waals surface area (Å²) in [5, 5.41) is 4.34. The summed E-state index contributed by atoms with van der Waals surface area (Å²) >= 11 is 0. The number of primary amides is 1. The van der Waals surface area contributed by atoms with Crippen LogP contribution in [-0.4, -0.2) is 17.4 Å². The van der Waals surface area contributed by atoms with Crippen LogP contribution in [0.2, 0.25) is 0 Å². The maximum absolute atomic E-state index is 11.6. The topological polar surface area (TPSA) is 58.7 Å². The lowest BCUT2D eigenvalue weighted by molar-refractivity contribution is -0.114. The third kappa shape index (κ3) is 1.91. The van der Waals surface area contributed by atoms with Gasteiger partial charge in [0.2, 0.25) is 5.91 Å². The molecule has 0 atom stereocenters. The van der Waals surface area contributed by atoms with Crippen molar-refractivity contribution < 1.29 is 4.79 Å². The molecule has 4 nitrogen and oxygen atoms in total. The van der Waals surface area contributed by atoms with Gasteiger partial charge >= 0.3 is 0 Å². The number of nitrogens with zero attached hydrogens (tertiary/aromatic N) is 2. The van der Waals surface area contributed by atoms with Crippen LogP contribution in [0, 0.1) is 0 Å². The number of benzene rings is 2. The highest BCUT2D eigenvalue weighted by Gasteiger charge is 2.23. The van der Waals surface area contributed by atoms with Crippen molar-refractivity contribution in [3.8, 4) is 0 Å². The lowest BCUT2D eigenvalue weighted by Gasteiger charge is -2.29. The van der Waals surface area contributed by atoms with Crippen LogP contribution in [-0.2, 0) is 4.79 Å². The Kier molecular flexibility index (Phi) is 2.57. The minimum Gasteiger partial charge on any atom is -0.366 e. The fraction of sp³-hybridized carbons (Fsp3) is 0.176. The third-order valence-corrected chi connectivity index (χ3v) is 4.08. The van der Waals surface area contributed by atoms with Crippen molar-refractivity contribution >= 4 is 22.9 Å². The Morgan fingerprint density at radius 2 is 1.95 bits per heavy atom. The normalized spacial score (nSPS) is 16.9. The molecule has 0 saturated carbocycles. The Bertz CT molecular complexity index is 911. The lowest BCUT2D eigenvalue weighted by atomic mass is 10.0. The summed E-state index contributed by atoms with van der Waals surface area (Å²) in [6.45, 7) is 0.877. The predicted molar refractivity (Wildman–Crippen MR) is 81.4 cm³/mol. The molecule has 4 rings (SSSR count). The number of amides is 1. The maximum atomic E-state index is 11.6. The largest absolute Gasteiger partial charge is 0.366 e. The van der Waals surface area contributed by atoms with E-state index in [2.05, 4.69) is 30.5 Å². The van der Waals surface area contributed by atoms with E-state index in [9.17, 15) is 4.79 Å². The summed E-state index contributed by atoms with van der Waals surface area (Å²) < 4.78 is 0. The first-order chi connectivity index (χ1) is 10.2. The fourth-order valence-corrected chi connectivity index (χ4v) is 3.04. The van der Waals surface area contributed by atoms with Crippen molar-refractivity contribution in [1.82, 2.24) is 4.90 Å². The molecule has 4 heteroatoms. The Labute approximate surface area is 121 Å². The van der Waals surface area contributed by atoms with Crippen molar-refractivity contribution in [2.24, 2.45) is 10.7 Å². The molecule has 0 radical (unpaired) electrons. The Hall–Kier alpha value is -2.62. The van der Waals surface area contributed by atoms with Crippen molar-refractivity contribution in [3.05, 3.63) is 58.4 Å². The Morgan fingerprint density at radius 3 is 2.71 bits per heavy atom.